The molecule has 0 unspecified atom stereocenters. The van der Waals surface area contributed by atoms with E-state index in [0.29, 0.717) is 18.7 Å². The van der Waals surface area contributed by atoms with E-state index < -0.39 is 11.6 Å². The van der Waals surface area contributed by atoms with Gasteiger partial charge in [-0.2, -0.15) is 0 Å². The van der Waals surface area contributed by atoms with Gasteiger partial charge in [-0.1, -0.05) is 6.07 Å². The zero-order chi connectivity index (χ0) is 13.0. The molecule has 1 N–H and O–H groups in total. The molecule has 0 spiro atoms. The minimum Gasteiger partial charge on any atom is -0.334 e. The third-order valence-corrected chi connectivity index (χ3v) is 2.76. The van der Waals surface area contributed by atoms with E-state index in [2.05, 4.69) is 10.3 Å². The molecule has 1 aromatic carbocycles. The van der Waals surface area contributed by atoms with Crippen molar-refractivity contribution in [2.75, 3.05) is 0 Å². The van der Waals surface area contributed by atoms with Gasteiger partial charge in [0.25, 0.3) is 0 Å². The van der Waals surface area contributed by atoms with E-state index in [-0.39, 0.29) is 0 Å². The maximum Gasteiger partial charge on any atom is 0.130 e. The number of benzene rings is 1. The van der Waals surface area contributed by atoms with E-state index in [1.165, 1.54) is 12.1 Å². The zero-order valence-corrected chi connectivity index (χ0v) is 10.2. The highest BCUT2D eigenvalue weighted by molar-refractivity contribution is 5.18. The van der Waals surface area contributed by atoms with Gasteiger partial charge in [-0.25, -0.2) is 13.8 Å². The molecule has 0 atom stereocenters. The van der Waals surface area contributed by atoms with Gasteiger partial charge in [0.05, 0.1) is 6.54 Å². The highest BCUT2D eigenvalue weighted by Crippen LogP contribution is 2.09. The number of rotatable bonds is 5. The first-order valence-corrected chi connectivity index (χ1v) is 5.85. The van der Waals surface area contributed by atoms with Crippen molar-refractivity contribution in [3.8, 4) is 0 Å². The van der Waals surface area contributed by atoms with Gasteiger partial charge >= 0.3 is 0 Å². The first-order valence-electron chi connectivity index (χ1n) is 5.85. The molecular formula is C13H15F2N3. The summed E-state index contributed by atoms with van der Waals surface area (Å²) in [6.45, 7) is 3.78. The van der Waals surface area contributed by atoms with Gasteiger partial charge < -0.3 is 9.88 Å². The molecule has 0 saturated heterocycles. The average Bonchev–Trinajstić information content (AvgIpc) is 2.79. The molecular weight excluding hydrogens is 236 g/mol. The van der Waals surface area contributed by atoms with Gasteiger partial charge in [0.1, 0.15) is 17.5 Å². The third-order valence-electron chi connectivity index (χ3n) is 2.76. The molecule has 1 heterocycles. The predicted octanol–water partition coefficient (Wildman–Crippen LogP) is 2.47. The maximum absolute atomic E-state index is 13.4. The van der Waals surface area contributed by atoms with Crippen molar-refractivity contribution in [1.82, 2.24) is 14.9 Å². The fourth-order valence-electron chi connectivity index (χ4n) is 1.77. The summed E-state index contributed by atoms with van der Waals surface area (Å²) in [5.41, 5.74) is 0.450. The van der Waals surface area contributed by atoms with Crippen molar-refractivity contribution >= 4 is 0 Å². The first-order chi connectivity index (χ1) is 8.70. The van der Waals surface area contributed by atoms with Gasteiger partial charge in [-0.05, 0) is 13.0 Å². The molecule has 0 amide bonds. The molecule has 5 heteroatoms. The quantitative estimate of drug-likeness (QED) is 0.884. The topological polar surface area (TPSA) is 29.9 Å². The van der Waals surface area contributed by atoms with Crippen molar-refractivity contribution in [2.24, 2.45) is 0 Å². The third kappa shape index (κ3) is 2.92. The lowest BCUT2D eigenvalue weighted by atomic mass is 10.2. The molecule has 2 rings (SSSR count). The number of aromatic nitrogens is 2. The highest BCUT2D eigenvalue weighted by Gasteiger charge is 2.04. The van der Waals surface area contributed by atoms with Crippen LogP contribution in [-0.4, -0.2) is 9.55 Å². The minimum atomic E-state index is -0.558. The summed E-state index contributed by atoms with van der Waals surface area (Å²) < 4.78 is 28.1. The second kappa shape index (κ2) is 5.73. The fraction of sp³-hybridized carbons (Fsp3) is 0.308. The monoisotopic (exact) mass is 251 g/mol. The molecule has 0 aliphatic rings. The van der Waals surface area contributed by atoms with E-state index in [1.54, 1.807) is 6.20 Å². The molecule has 18 heavy (non-hydrogen) atoms. The van der Waals surface area contributed by atoms with E-state index in [0.717, 1.165) is 18.4 Å². The van der Waals surface area contributed by atoms with Crippen LogP contribution in [0.2, 0.25) is 0 Å². The summed E-state index contributed by atoms with van der Waals surface area (Å²) in [5.74, 6) is -0.181. The molecule has 0 radical (unpaired) electrons. The van der Waals surface area contributed by atoms with Gasteiger partial charge in [-0.15, -0.1) is 0 Å². The summed E-state index contributed by atoms with van der Waals surface area (Å²) in [7, 11) is 0. The SMILES string of the molecule is CCn1ccnc1CNCc1ccc(F)cc1F. The van der Waals surface area contributed by atoms with Gasteiger partial charge in [0, 0.05) is 37.1 Å². The molecule has 3 nitrogen and oxygen atoms in total. The second-order valence-electron chi connectivity index (χ2n) is 3.97. The number of hydrogen-bond acceptors (Lipinski definition) is 2. The number of imidazole rings is 1. The van der Waals surface area contributed by atoms with Crippen molar-refractivity contribution in [2.45, 2.75) is 26.6 Å². The van der Waals surface area contributed by atoms with Crippen LogP contribution < -0.4 is 5.32 Å². The smallest absolute Gasteiger partial charge is 0.130 e. The lowest BCUT2D eigenvalue weighted by Crippen LogP contribution is -2.17. The van der Waals surface area contributed by atoms with Gasteiger partial charge in [0.15, 0.2) is 0 Å². The zero-order valence-electron chi connectivity index (χ0n) is 10.2. The molecule has 0 aliphatic carbocycles. The molecule has 96 valence electrons. The molecule has 0 fully saturated rings. The van der Waals surface area contributed by atoms with Crippen LogP contribution in [0.5, 0.6) is 0 Å². The lowest BCUT2D eigenvalue weighted by Gasteiger charge is -2.07. The van der Waals surface area contributed by atoms with Crippen LogP contribution in [0.1, 0.15) is 18.3 Å². The van der Waals surface area contributed by atoms with Crippen molar-refractivity contribution in [3.63, 3.8) is 0 Å². The Labute approximate surface area is 104 Å². The first kappa shape index (κ1) is 12.7. The molecule has 2 aromatic rings. The van der Waals surface area contributed by atoms with E-state index in [4.69, 9.17) is 0 Å². The van der Waals surface area contributed by atoms with Crippen molar-refractivity contribution in [1.29, 1.82) is 0 Å². The standard InChI is InChI=1S/C13H15F2N3/c1-2-18-6-5-17-13(18)9-16-8-10-3-4-11(14)7-12(10)15/h3-7,16H,2,8-9H2,1H3. The Hall–Kier alpha value is -1.75. The summed E-state index contributed by atoms with van der Waals surface area (Å²) in [5, 5.41) is 3.09. The van der Waals surface area contributed by atoms with Crippen LogP contribution in [0.3, 0.4) is 0 Å². The molecule has 0 bridgehead atoms. The Balaban J connectivity index is 1.92. The Morgan fingerprint density at radius 1 is 1.28 bits per heavy atom. The largest absolute Gasteiger partial charge is 0.334 e. The fourth-order valence-corrected chi connectivity index (χ4v) is 1.77. The van der Waals surface area contributed by atoms with Crippen molar-refractivity contribution in [3.05, 3.63) is 53.6 Å². The van der Waals surface area contributed by atoms with Crippen LogP contribution in [0.15, 0.2) is 30.6 Å². The average molecular weight is 251 g/mol. The Kier molecular flexibility index (Phi) is 4.04. The van der Waals surface area contributed by atoms with Crippen molar-refractivity contribution < 1.29 is 8.78 Å². The number of hydrogen-bond donors (Lipinski definition) is 1. The number of halogens is 2. The number of nitrogens with one attached hydrogen (secondary N) is 1. The number of aryl methyl sites for hydroxylation is 1. The van der Waals surface area contributed by atoms with Crippen LogP contribution >= 0.6 is 0 Å². The van der Waals surface area contributed by atoms with Gasteiger partial charge in [0.2, 0.25) is 0 Å². The Morgan fingerprint density at radius 3 is 2.83 bits per heavy atom. The maximum atomic E-state index is 13.4. The second-order valence-corrected chi connectivity index (χ2v) is 3.97. The summed E-state index contributed by atoms with van der Waals surface area (Å²) in [4.78, 5) is 4.20. The predicted molar refractivity (Wildman–Crippen MR) is 64.8 cm³/mol. The lowest BCUT2D eigenvalue weighted by molar-refractivity contribution is 0.552. The highest BCUT2D eigenvalue weighted by atomic mass is 19.1. The minimum absolute atomic E-state index is 0.350. The summed E-state index contributed by atoms with van der Waals surface area (Å²) in [6, 6.07) is 3.60. The Morgan fingerprint density at radius 2 is 2.11 bits per heavy atom. The number of nitrogens with zero attached hydrogens (tertiary/aromatic N) is 2. The van der Waals surface area contributed by atoms with E-state index in [1.807, 2.05) is 17.7 Å². The molecule has 1 aromatic heterocycles. The van der Waals surface area contributed by atoms with E-state index in [9.17, 15) is 8.78 Å². The van der Waals surface area contributed by atoms with Gasteiger partial charge in [-0.3, -0.25) is 0 Å². The van der Waals surface area contributed by atoms with Crippen LogP contribution in [0.4, 0.5) is 8.78 Å². The molecule has 0 aliphatic heterocycles. The Bertz CT molecular complexity index is 523. The van der Waals surface area contributed by atoms with Crippen LogP contribution in [0.25, 0.3) is 0 Å². The van der Waals surface area contributed by atoms with E-state index >= 15 is 0 Å². The van der Waals surface area contributed by atoms with Crippen LogP contribution in [0, 0.1) is 11.6 Å². The molecule has 0 saturated carbocycles. The normalized spacial score (nSPS) is 10.8. The van der Waals surface area contributed by atoms with Crippen LogP contribution in [-0.2, 0) is 19.6 Å². The summed E-state index contributed by atoms with van der Waals surface area (Å²) in [6.07, 6.45) is 3.63. The summed E-state index contributed by atoms with van der Waals surface area (Å²) >= 11 is 0.